The van der Waals surface area contributed by atoms with Crippen LogP contribution in [0.5, 0.6) is 5.75 Å². The fourth-order valence-electron chi connectivity index (χ4n) is 1.71. The normalized spacial score (nSPS) is 11.8. The number of benzene rings is 1. The van der Waals surface area contributed by atoms with Crippen molar-refractivity contribution in [2.75, 3.05) is 27.2 Å². The van der Waals surface area contributed by atoms with Gasteiger partial charge in [0, 0.05) is 26.2 Å². The Hall–Kier alpha value is -1.15. The summed E-state index contributed by atoms with van der Waals surface area (Å²) < 4.78 is 29.8. The predicted molar refractivity (Wildman–Crippen MR) is 79.0 cm³/mol. The van der Waals surface area contributed by atoms with Crippen LogP contribution >= 0.6 is 0 Å². The first-order valence-electron chi connectivity index (χ1n) is 6.57. The zero-order valence-corrected chi connectivity index (χ0v) is 13.3. The SMILES string of the molecule is CCNCc1cc(S(=O)(=O)NN(C)C)ccc1OCC. The molecule has 6 nitrogen and oxygen atoms in total. The average Bonchev–Trinajstić information content (AvgIpc) is 2.36. The minimum atomic E-state index is -3.55. The standard InChI is InChI=1S/C13H23N3O3S/c1-5-14-10-11-9-12(7-8-13(11)19-6-2)20(17,18)15-16(3)4/h7-9,14-15H,5-6,10H2,1-4H3. The lowest BCUT2D eigenvalue weighted by Gasteiger charge is -2.15. The monoisotopic (exact) mass is 301 g/mol. The zero-order chi connectivity index (χ0) is 15.2. The molecule has 0 amide bonds. The molecule has 2 N–H and O–H groups in total. The first-order chi connectivity index (χ1) is 9.40. The van der Waals surface area contributed by atoms with E-state index in [1.54, 1.807) is 32.3 Å². The third kappa shape index (κ3) is 4.75. The van der Waals surface area contributed by atoms with Crippen LogP contribution in [0.3, 0.4) is 0 Å². The van der Waals surface area contributed by atoms with Crippen LogP contribution in [0.2, 0.25) is 0 Å². The van der Waals surface area contributed by atoms with E-state index in [2.05, 4.69) is 10.1 Å². The number of nitrogens with zero attached hydrogens (tertiary/aromatic N) is 1. The summed E-state index contributed by atoms with van der Waals surface area (Å²) in [7, 11) is -0.285. The van der Waals surface area contributed by atoms with Crippen LogP contribution in [0.15, 0.2) is 23.1 Å². The van der Waals surface area contributed by atoms with Gasteiger partial charge in [0.1, 0.15) is 5.75 Å². The van der Waals surface area contributed by atoms with Crippen LogP contribution in [-0.4, -0.2) is 40.7 Å². The molecule has 0 saturated carbocycles. The maximum Gasteiger partial charge on any atom is 0.253 e. The molecule has 0 spiro atoms. The third-order valence-electron chi connectivity index (χ3n) is 2.51. The molecule has 1 aromatic rings. The molecular formula is C13H23N3O3S. The van der Waals surface area contributed by atoms with Gasteiger partial charge in [-0.3, -0.25) is 0 Å². The molecule has 0 fully saturated rings. The highest BCUT2D eigenvalue weighted by molar-refractivity contribution is 7.89. The van der Waals surface area contributed by atoms with E-state index in [1.165, 1.54) is 5.01 Å². The topological polar surface area (TPSA) is 70.7 Å². The van der Waals surface area contributed by atoms with Crippen molar-refractivity contribution in [3.63, 3.8) is 0 Å². The summed E-state index contributed by atoms with van der Waals surface area (Å²) in [5.41, 5.74) is 0.829. The minimum absolute atomic E-state index is 0.225. The number of rotatable bonds is 8. The molecule has 0 bridgehead atoms. The largest absolute Gasteiger partial charge is 0.494 e. The number of hydrogen-bond acceptors (Lipinski definition) is 5. The van der Waals surface area contributed by atoms with Gasteiger partial charge in [0.25, 0.3) is 10.0 Å². The molecule has 0 aliphatic heterocycles. The van der Waals surface area contributed by atoms with E-state index in [4.69, 9.17) is 4.74 Å². The number of sulfonamides is 1. The lowest BCUT2D eigenvalue weighted by atomic mass is 10.2. The molecule has 20 heavy (non-hydrogen) atoms. The highest BCUT2D eigenvalue weighted by atomic mass is 32.2. The molecule has 0 unspecified atom stereocenters. The third-order valence-corrected chi connectivity index (χ3v) is 3.99. The van der Waals surface area contributed by atoms with E-state index in [1.807, 2.05) is 13.8 Å². The number of ether oxygens (including phenoxy) is 1. The van der Waals surface area contributed by atoms with Crippen molar-refractivity contribution in [1.82, 2.24) is 15.2 Å². The van der Waals surface area contributed by atoms with E-state index in [9.17, 15) is 8.42 Å². The Balaban J connectivity index is 3.10. The Morgan fingerprint density at radius 3 is 2.50 bits per heavy atom. The van der Waals surface area contributed by atoms with Crippen molar-refractivity contribution in [2.45, 2.75) is 25.3 Å². The molecule has 0 saturated heterocycles. The number of hydrogen-bond donors (Lipinski definition) is 2. The van der Waals surface area contributed by atoms with Crippen LogP contribution < -0.4 is 14.9 Å². The van der Waals surface area contributed by atoms with Gasteiger partial charge in [-0.2, -0.15) is 0 Å². The van der Waals surface area contributed by atoms with Crippen molar-refractivity contribution >= 4 is 10.0 Å². The van der Waals surface area contributed by atoms with Crippen LogP contribution in [0.1, 0.15) is 19.4 Å². The van der Waals surface area contributed by atoms with Crippen LogP contribution in [-0.2, 0) is 16.6 Å². The molecule has 0 radical (unpaired) electrons. The smallest absolute Gasteiger partial charge is 0.253 e. The predicted octanol–water partition coefficient (Wildman–Crippen LogP) is 0.950. The number of hydrazine groups is 1. The molecule has 0 heterocycles. The Morgan fingerprint density at radius 2 is 1.95 bits per heavy atom. The van der Waals surface area contributed by atoms with Crippen molar-refractivity contribution < 1.29 is 13.2 Å². The fourth-order valence-corrected chi connectivity index (χ4v) is 2.84. The zero-order valence-electron chi connectivity index (χ0n) is 12.4. The highest BCUT2D eigenvalue weighted by Gasteiger charge is 2.17. The van der Waals surface area contributed by atoms with Crippen LogP contribution in [0.4, 0.5) is 0 Å². The lowest BCUT2D eigenvalue weighted by molar-refractivity contribution is 0.335. The Labute approximate surface area is 121 Å². The maximum atomic E-state index is 12.1. The van der Waals surface area contributed by atoms with Gasteiger partial charge in [-0.25, -0.2) is 13.4 Å². The summed E-state index contributed by atoms with van der Waals surface area (Å²) in [5.74, 6) is 0.706. The van der Waals surface area contributed by atoms with E-state index in [-0.39, 0.29) is 4.90 Å². The van der Waals surface area contributed by atoms with E-state index < -0.39 is 10.0 Å². The van der Waals surface area contributed by atoms with Gasteiger partial charge in [0.15, 0.2) is 0 Å². The molecular weight excluding hydrogens is 278 g/mol. The second-order valence-electron chi connectivity index (χ2n) is 4.47. The van der Waals surface area contributed by atoms with Crippen molar-refractivity contribution in [3.8, 4) is 5.75 Å². The highest BCUT2D eigenvalue weighted by Crippen LogP contribution is 2.22. The quantitative estimate of drug-likeness (QED) is 0.700. The maximum absolute atomic E-state index is 12.1. The van der Waals surface area contributed by atoms with E-state index in [0.29, 0.717) is 18.9 Å². The van der Waals surface area contributed by atoms with Gasteiger partial charge in [-0.05, 0) is 31.7 Å². The molecule has 0 aliphatic rings. The number of nitrogens with one attached hydrogen (secondary N) is 2. The van der Waals surface area contributed by atoms with Crippen molar-refractivity contribution in [1.29, 1.82) is 0 Å². The molecule has 1 aromatic carbocycles. The van der Waals surface area contributed by atoms with Crippen LogP contribution in [0.25, 0.3) is 0 Å². The molecule has 7 heteroatoms. The molecule has 114 valence electrons. The van der Waals surface area contributed by atoms with Gasteiger partial charge in [0.2, 0.25) is 0 Å². The Kier molecular flexibility index (Phi) is 6.41. The first-order valence-corrected chi connectivity index (χ1v) is 8.05. The summed E-state index contributed by atoms with van der Waals surface area (Å²) in [6.07, 6.45) is 0. The van der Waals surface area contributed by atoms with E-state index in [0.717, 1.165) is 12.1 Å². The van der Waals surface area contributed by atoms with Crippen molar-refractivity contribution in [3.05, 3.63) is 23.8 Å². The summed E-state index contributed by atoms with van der Waals surface area (Å²) in [5, 5.41) is 4.58. The van der Waals surface area contributed by atoms with Crippen LogP contribution in [0, 0.1) is 0 Å². The fraction of sp³-hybridized carbons (Fsp3) is 0.538. The second-order valence-corrected chi connectivity index (χ2v) is 6.13. The second kappa shape index (κ2) is 7.58. The summed E-state index contributed by atoms with van der Waals surface area (Å²) in [4.78, 5) is 2.64. The molecule has 0 atom stereocenters. The summed E-state index contributed by atoms with van der Waals surface area (Å²) in [6.45, 7) is 5.81. The van der Waals surface area contributed by atoms with E-state index >= 15 is 0 Å². The molecule has 0 aliphatic carbocycles. The minimum Gasteiger partial charge on any atom is -0.494 e. The van der Waals surface area contributed by atoms with Gasteiger partial charge in [-0.15, -0.1) is 4.83 Å². The average molecular weight is 301 g/mol. The van der Waals surface area contributed by atoms with Gasteiger partial charge >= 0.3 is 0 Å². The summed E-state index contributed by atoms with van der Waals surface area (Å²) in [6, 6.07) is 4.88. The molecule has 0 aromatic heterocycles. The lowest BCUT2D eigenvalue weighted by Crippen LogP contribution is -2.36. The van der Waals surface area contributed by atoms with Gasteiger partial charge < -0.3 is 10.1 Å². The Bertz CT molecular complexity index is 530. The van der Waals surface area contributed by atoms with Crippen molar-refractivity contribution in [2.24, 2.45) is 0 Å². The Morgan fingerprint density at radius 1 is 1.25 bits per heavy atom. The molecule has 1 rings (SSSR count). The first kappa shape index (κ1) is 16.9. The van der Waals surface area contributed by atoms with Gasteiger partial charge in [-0.1, -0.05) is 6.92 Å². The summed E-state index contributed by atoms with van der Waals surface area (Å²) >= 11 is 0. The van der Waals surface area contributed by atoms with Gasteiger partial charge in [0.05, 0.1) is 11.5 Å².